The van der Waals surface area contributed by atoms with E-state index in [-0.39, 0.29) is 10.6 Å². The molecule has 0 unspecified atom stereocenters. The van der Waals surface area contributed by atoms with Crippen LogP contribution in [0.2, 0.25) is 0 Å². The molecule has 0 atom stereocenters. The number of aryl methyl sites for hydroxylation is 1. The quantitative estimate of drug-likeness (QED) is 0.555. The molecule has 2 aromatic rings. The molecule has 1 heterocycles. The summed E-state index contributed by atoms with van der Waals surface area (Å²) in [5.74, 6) is 0. The second-order valence-electron chi connectivity index (χ2n) is 3.30. The van der Waals surface area contributed by atoms with Gasteiger partial charge in [0.05, 0.1) is 15.8 Å². The number of fused-ring (bicyclic) bond motifs is 1. The Morgan fingerprint density at radius 3 is 2.93 bits per heavy atom. The van der Waals surface area contributed by atoms with E-state index in [9.17, 15) is 10.1 Å². The van der Waals surface area contributed by atoms with E-state index in [1.807, 2.05) is 13.0 Å². The molecule has 1 aromatic heterocycles. The van der Waals surface area contributed by atoms with E-state index in [0.29, 0.717) is 10.9 Å². The lowest BCUT2D eigenvalue weighted by Gasteiger charge is -2.01. The number of pyridine rings is 1. The second-order valence-corrected chi connectivity index (χ2v) is 3.30. The number of hydrogen-bond donors (Lipinski definition) is 0. The molecular formula is C11H10N2O2. The third kappa shape index (κ3) is 1.66. The number of benzene rings is 1. The molecule has 4 nitrogen and oxygen atoms in total. The van der Waals surface area contributed by atoms with E-state index in [1.165, 1.54) is 0 Å². The predicted octanol–water partition coefficient (Wildman–Crippen LogP) is 2.71. The lowest BCUT2D eigenvalue weighted by molar-refractivity contribution is -0.383. The zero-order valence-corrected chi connectivity index (χ0v) is 8.30. The minimum Gasteiger partial charge on any atom is -0.258 e. The van der Waals surface area contributed by atoms with Crippen LogP contribution in [0, 0.1) is 10.1 Å². The lowest BCUT2D eigenvalue weighted by atomic mass is 10.1. The molecule has 0 spiro atoms. The second kappa shape index (κ2) is 3.65. The van der Waals surface area contributed by atoms with Gasteiger partial charge in [-0.3, -0.25) is 15.1 Å². The van der Waals surface area contributed by atoms with Gasteiger partial charge in [-0.25, -0.2) is 0 Å². The Hall–Kier alpha value is -1.97. The van der Waals surface area contributed by atoms with Crippen molar-refractivity contribution in [1.82, 2.24) is 4.98 Å². The Morgan fingerprint density at radius 1 is 1.47 bits per heavy atom. The van der Waals surface area contributed by atoms with Crippen LogP contribution in [0.3, 0.4) is 0 Å². The van der Waals surface area contributed by atoms with Crippen molar-refractivity contribution in [2.45, 2.75) is 13.3 Å². The van der Waals surface area contributed by atoms with Crippen LogP contribution in [-0.4, -0.2) is 9.91 Å². The first-order valence-corrected chi connectivity index (χ1v) is 4.74. The molecular weight excluding hydrogens is 192 g/mol. The Kier molecular flexibility index (Phi) is 2.33. The summed E-state index contributed by atoms with van der Waals surface area (Å²) in [5, 5.41) is 11.5. The van der Waals surface area contributed by atoms with Crippen LogP contribution in [0.4, 0.5) is 5.69 Å². The van der Waals surface area contributed by atoms with Crippen LogP contribution in [0.5, 0.6) is 0 Å². The summed E-state index contributed by atoms with van der Waals surface area (Å²) in [4.78, 5) is 14.6. The maximum Gasteiger partial charge on any atom is 0.279 e. The van der Waals surface area contributed by atoms with Crippen molar-refractivity contribution in [2.75, 3.05) is 0 Å². The third-order valence-electron chi connectivity index (χ3n) is 2.36. The van der Waals surface area contributed by atoms with Crippen LogP contribution in [0.15, 0.2) is 30.5 Å². The van der Waals surface area contributed by atoms with Gasteiger partial charge in [-0.1, -0.05) is 6.92 Å². The predicted molar refractivity (Wildman–Crippen MR) is 57.8 cm³/mol. The number of non-ortho nitro benzene ring substituents is 1. The molecule has 15 heavy (non-hydrogen) atoms. The van der Waals surface area contributed by atoms with E-state index in [0.717, 1.165) is 12.0 Å². The first-order valence-electron chi connectivity index (χ1n) is 4.74. The first kappa shape index (κ1) is 9.58. The highest BCUT2D eigenvalue weighted by molar-refractivity contribution is 5.88. The third-order valence-corrected chi connectivity index (χ3v) is 2.36. The molecule has 0 aliphatic rings. The molecule has 0 N–H and O–H groups in total. The summed E-state index contributed by atoms with van der Waals surface area (Å²) < 4.78 is 0. The van der Waals surface area contributed by atoms with Gasteiger partial charge in [-0.15, -0.1) is 0 Å². The molecule has 0 bridgehead atoms. The molecule has 0 aliphatic heterocycles. The highest BCUT2D eigenvalue weighted by Crippen LogP contribution is 2.25. The summed E-state index contributed by atoms with van der Waals surface area (Å²) in [6.45, 7) is 1.97. The molecule has 0 aliphatic carbocycles. The Labute approximate surface area is 86.7 Å². The number of nitrogens with zero attached hydrogens (tertiary/aromatic N) is 2. The molecule has 0 amide bonds. The normalized spacial score (nSPS) is 10.5. The summed E-state index contributed by atoms with van der Waals surface area (Å²) >= 11 is 0. The fraction of sp³-hybridized carbons (Fsp3) is 0.182. The standard InChI is InChI=1S/C11H10N2O2/c1-2-8-6-10-9(4-3-5-12-10)11(7-8)13(14)15/h3-7H,2H2,1H3. The van der Waals surface area contributed by atoms with E-state index in [1.54, 1.807) is 24.4 Å². The van der Waals surface area contributed by atoms with Gasteiger partial charge in [-0.05, 0) is 30.2 Å². The van der Waals surface area contributed by atoms with Crippen molar-refractivity contribution in [3.63, 3.8) is 0 Å². The summed E-state index contributed by atoms with van der Waals surface area (Å²) in [5.41, 5.74) is 1.76. The zero-order valence-electron chi connectivity index (χ0n) is 8.30. The van der Waals surface area contributed by atoms with Crippen molar-refractivity contribution in [1.29, 1.82) is 0 Å². The summed E-state index contributed by atoms with van der Waals surface area (Å²) in [6.07, 6.45) is 2.42. The molecule has 0 radical (unpaired) electrons. The molecule has 2 rings (SSSR count). The smallest absolute Gasteiger partial charge is 0.258 e. The van der Waals surface area contributed by atoms with Crippen LogP contribution in [0.25, 0.3) is 10.9 Å². The van der Waals surface area contributed by atoms with Crippen molar-refractivity contribution in [3.05, 3.63) is 46.1 Å². The minimum absolute atomic E-state index is 0.137. The number of rotatable bonds is 2. The number of nitro groups is 1. The lowest BCUT2D eigenvalue weighted by Crippen LogP contribution is -1.93. The van der Waals surface area contributed by atoms with Gasteiger partial charge < -0.3 is 0 Å². The van der Waals surface area contributed by atoms with Gasteiger partial charge in [0.15, 0.2) is 0 Å². The summed E-state index contributed by atoms with van der Waals surface area (Å²) in [6, 6.07) is 6.94. The average molecular weight is 202 g/mol. The minimum atomic E-state index is -0.358. The van der Waals surface area contributed by atoms with Crippen molar-refractivity contribution < 1.29 is 4.92 Å². The van der Waals surface area contributed by atoms with E-state index in [4.69, 9.17) is 0 Å². The molecule has 0 fully saturated rings. The maximum absolute atomic E-state index is 10.9. The highest BCUT2D eigenvalue weighted by atomic mass is 16.6. The monoisotopic (exact) mass is 202 g/mol. The fourth-order valence-corrected chi connectivity index (χ4v) is 1.57. The highest BCUT2D eigenvalue weighted by Gasteiger charge is 2.13. The maximum atomic E-state index is 10.9. The van der Waals surface area contributed by atoms with Crippen LogP contribution < -0.4 is 0 Å². The SMILES string of the molecule is CCc1cc([N+](=O)[O-])c2cccnc2c1. The number of aromatic nitrogens is 1. The molecule has 0 saturated heterocycles. The first-order chi connectivity index (χ1) is 7.22. The fourth-order valence-electron chi connectivity index (χ4n) is 1.57. The number of hydrogen-bond acceptors (Lipinski definition) is 3. The van der Waals surface area contributed by atoms with Gasteiger partial charge >= 0.3 is 0 Å². The van der Waals surface area contributed by atoms with E-state index >= 15 is 0 Å². The van der Waals surface area contributed by atoms with Crippen LogP contribution in [-0.2, 0) is 6.42 Å². The van der Waals surface area contributed by atoms with Gasteiger partial charge in [-0.2, -0.15) is 0 Å². The van der Waals surface area contributed by atoms with Crippen molar-refractivity contribution >= 4 is 16.6 Å². The van der Waals surface area contributed by atoms with E-state index in [2.05, 4.69) is 4.98 Å². The van der Waals surface area contributed by atoms with Gasteiger partial charge in [0.1, 0.15) is 0 Å². The van der Waals surface area contributed by atoms with Crippen LogP contribution >= 0.6 is 0 Å². The van der Waals surface area contributed by atoms with Crippen LogP contribution in [0.1, 0.15) is 12.5 Å². The zero-order chi connectivity index (χ0) is 10.8. The Balaban J connectivity index is 2.80. The van der Waals surface area contributed by atoms with Gasteiger partial charge in [0, 0.05) is 12.3 Å². The van der Waals surface area contributed by atoms with Gasteiger partial charge in [0.25, 0.3) is 5.69 Å². The Morgan fingerprint density at radius 2 is 2.27 bits per heavy atom. The molecule has 4 heteroatoms. The molecule has 1 aromatic carbocycles. The van der Waals surface area contributed by atoms with Crippen molar-refractivity contribution in [3.8, 4) is 0 Å². The topological polar surface area (TPSA) is 56.0 Å². The summed E-state index contributed by atoms with van der Waals surface area (Å²) in [7, 11) is 0. The Bertz CT molecular complexity index is 523. The molecule has 0 saturated carbocycles. The van der Waals surface area contributed by atoms with Gasteiger partial charge in [0.2, 0.25) is 0 Å². The molecule has 76 valence electrons. The average Bonchev–Trinajstić information content (AvgIpc) is 2.27. The van der Waals surface area contributed by atoms with Crippen molar-refractivity contribution in [2.24, 2.45) is 0 Å². The largest absolute Gasteiger partial charge is 0.279 e. The number of nitro benzene ring substituents is 1. The van der Waals surface area contributed by atoms with E-state index < -0.39 is 0 Å².